The van der Waals surface area contributed by atoms with Crippen LogP contribution < -0.4 is 0 Å². The topological polar surface area (TPSA) is 61.8 Å². The lowest BCUT2D eigenvalue weighted by Crippen LogP contribution is -2.19. The van der Waals surface area contributed by atoms with Crippen LogP contribution in [0.2, 0.25) is 0 Å². The molecule has 0 amide bonds. The molecule has 2 aliphatic rings. The zero-order valence-electron chi connectivity index (χ0n) is 10.5. The quantitative estimate of drug-likeness (QED) is 0.554. The molecule has 1 fully saturated rings. The highest BCUT2D eigenvalue weighted by Gasteiger charge is 2.30. The number of ether oxygens (including phenoxy) is 3. The largest absolute Gasteiger partial charge is 0.490 e. The van der Waals surface area contributed by atoms with Gasteiger partial charge in [0.1, 0.15) is 17.1 Å². The lowest BCUT2D eigenvalue weighted by Gasteiger charge is -2.22. The molecule has 5 heteroatoms. The highest BCUT2D eigenvalue weighted by molar-refractivity contribution is 5.94. The van der Waals surface area contributed by atoms with Crippen molar-refractivity contribution >= 4 is 11.9 Å². The minimum absolute atomic E-state index is 0.0439. The van der Waals surface area contributed by atoms with Gasteiger partial charge in [0.2, 0.25) is 0 Å². The van der Waals surface area contributed by atoms with Crippen molar-refractivity contribution in [2.24, 2.45) is 0 Å². The fourth-order valence-electron chi connectivity index (χ4n) is 2.02. The van der Waals surface area contributed by atoms with Gasteiger partial charge in [0.05, 0.1) is 19.6 Å². The SMILES string of the molecule is COC(=O)/C(C1=CCCC(C)O1)=C1\CCC(=O)O1. The second-order valence-corrected chi connectivity index (χ2v) is 4.34. The maximum Gasteiger partial charge on any atom is 0.345 e. The van der Waals surface area contributed by atoms with Gasteiger partial charge in [0.15, 0.2) is 0 Å². The van der Waals surface area contributed by atoms with E-state index in [0.29, 0.717) is 24.4 Å². The van der Waals surface area contributed by atoms with Crippen molar-refractivity contribution < 1.29 is 23.8 Å². The maximum absolute atomic E-state index is 11.8. The zero-order valence-corrected chi connectivity index (χ0v) is 10.5. The van der Waals surface area contributed by atoms with Crippen LogP contribution in [-0.2, 0) is 23.8 Å². The molecular formula is C13H16O5. The second-order valence-electron chi connectivity index (χ2n) is 4.34. The molecule has 0 saturated carbocycles. The highest BCUT2D eigenvalue weighted by Crippen LogP contribution is 2.30. The van der Waals surface area contributed by atoms with Crippen LogP contribution in [0.15, 0.2) is 23.2 Å². The van der Waals surface area contributed by atoms with Crippen molar-refractivity contribution in [1.82, 2.24) is 0 Å². The van der Waals surface area contributed by atoms with E-state index < -0.39 is 5.97 Å². The third-order valence-corrected chi connectivity index (χ3v) is 2.94. The zero-order chi connectivity index (χ0) is 13.1. The Morgan fingerprint density at radius 3 is 2.78 bits per heavy atom. The molecule has 0 bridgehead atoms. The van der Waals surface area contributed by atoms with Crippen molar-refractivity contribution in [1.29, 1.82) is 0 Å². The Morgan fingerprint density at radius 2 is 2.22 bits per heavy atom. The van der Waals surface area contributed by atoms with E-state index in [4.69, 9.17) is 14.2 Å². The van der Waals surface area contributed by atoms with Gasteiger partial charge in [-0.3, -0.25) is 4.79 Å². The second kappa shape index (κ2) is 5.25. The van der Waals surface area contributed by atoms with Crippen LogP contribution in [0.4, 0.5) is 0 Å². The molecule has 2 rings (SSSR count). The number of carbonyl (C=O) groups is 2. The molecule has 2 aliphatic heterocycles. The molecule has 0 aromatic rings. The molecule has 0 aromatic carbocycles. The third kappa shape index (κ3) is 2.55. The van der Waals surface area contributed by atoms with Crippen molar-refractivity contribution in [2.75, 3.05) is 7.11 Å². The Hall–Kier alpha value is -1.78. The average molecular weight is 252 g/mol. The molecule has 1 saturated heterocycles. The number of cyclic esters (lactones) is 1. The summed E-state index contributed by atoms with van der Waals surface area (Å²) < 4.78 is 15.4. The molecule has 98 valence electrons. The highest BCUT2D eigenvalue weighted by atomic mass is 16.6. The van der Waals surface area contributed by atoms with E-state index in [1.54, 1.807) is 0 Å². The van der Waals surface area contributed by atoms with Crippen LogP contribution in [0.5, 0.6) is 0 Å². The molecule has 2 heterocycles. The van der Waals surface area contributed by atoms with Gasteiger partial charge in [-0.1, -0.05) is 0 Å². The monoisotopic (exact) mass is 252 g/mol. The molecule has 0 aliphatic carbocycles. The molecule has 0 aromatic heterocycles. The average Bonchev–Trinajstić information content (AvgIpc) is 2.76. The summed E-state index contributed by atoms with van der Waals surface area (Å²) in [6.07, 6.45) is 4.33. The minimum atomic E-state index is -0.528. The van der Waals surface area contributed by atoms with E-state index in [9.17, 15) is 9.59 Å². The summed E-state index contributed by atoms with van der Waals surface area (Å²) in [5.41, 5.74) is 0.245. The van der Waals surface area contributed by atoms with Gasteiger partial charge in [0, 0.05) is 6.42 Å². The molecule has 1 unspecified atom stereocenters. The first-order valence-electron chi connectivity index (χ1n) is 6.01. The number of hydrogen-bond acceptors (Lipinski definition) is 5. The summed E-state index contributed by atoms with van der Waals surface area (Å²) in [6, 6.07) is 0. The molecule has 5 nitrogen and oxygen atoms in total. The Morgan fingerprint density at radius 1 is 1.44 bits per heavy atom. The van der Waals surface area contributed by atoms with Crippen LogP contribution in [0, 0.1) is 0 Å². The van der Waals surface area contributed by atoms with E-state index in [1.807, 2.05) is 13.0 Å². The molecule has 0 N–H and O–H groups in total. The van der Waals surface area contributed by atoms with Crippen LogP contribution in [0.1, 0.15) is 32.6 Å². The van der Waals surface area contributed by atoms with E-state index in [2.05, 4.69) is 0 Å². The van der Waals surface area contributed by atoms with E-state index in [0.717, 1.165) is 12.8 Å². The van der Waals surface area contributed by atoms with Crippen molar-refractivity contribution in [3.8, 4) is 0 Å². The van der Waals surface area contributed by atoms with Gasteiger partial charge in [-0.25, -0.2) is 4.79 Å². The van der Waals surface area contributed by atoms with Crippen LogP contribution in [0.3, 0.4) is 0 Å². The number of allylic oxidation sites excluding steroid dienone is 2. The van der Waals surface area contributed by atoms with E-state index in [1.165, 1.54) is 7.11 Å². The number of hydrogen-bond donors (Lipinski definition) is 0. The summed E-state index contributed by atoms with van der Waals surface area (Å²) in [6.45, 7) is 1.94. The van der Waals surface area contributed by atoms with Gasteiger partial charge in [0.25, 0.3) is 0 Å². The Balaban J connectivity index is 2.34. The van der Waals surface area contributed by atoms with E-state index >= 15 is 0 Å². The first-order chi connectivity index (χ1) is 8.61. The molecular weight excluding hydrogens is 236 g/mol. The first kappa shape index (κ1) is 12.7. The molecule has 18 heavy (non-hydrogen) atoms. The van der Waals surface area contributed by atoms with Crippen molar-refractivity contribution in [2.45, 2.75) is 38.7 Å². The summed E-state index contributed by atoms with van der Waals surface area (Å²) in [4.78, 5) is 23.0. The summed E-state index contributed by atoms with van der Waals surface area (Å²) >= 11 is 0. The van der Waals surface area contributed by atoms with Crippen molar-refractivity contribution in [3.05, 3.63) is 23.2 Å². The fraction of sp³-hybridized carbons (Fsp3) is 0.538. The fourth-order valence-corrected chi connectivity index (χ4v) is 2.02. The van der Waals surface area contributed by atoms with Gasteiger partial charge >= 0.3 is 11.9 Å². The standard InChI is InChI=1S/C13H16O5/c1-8-4-3-5-9(17-8)12(13(15)16-2)10-6-7-11(14)18-10/h5,8H,3-4,6-7H2,1-2H3/b12-10+. The van der Waals surface area contributed by atoms with Crippen molar-refractivity contribution in [3.63, 3.8) is 0 Å². The predicted octanol–water partition coefficient (Wildman–Crippen LogP) is 1.83. The Labute approximate surface area is 105 Å². The van der Waals surface area contributed by atoms with Crippen LogP contribution >= 0.6 is 0 Å². The summed E-state index contributed by atoms with van der Waals surface area (Å²) in [5, 5.41) is 0. The molecule has 0 radical (unpaired) electrons. The van der Waals surface area contributed by atoms with Gasteiger partial charge in [-0.15, -0.1) is 0 Å². The van der Waals surface area contributed by atoms with Crippen LogP contribution in [0.25, 0.3) is 0 Å². The smallest absolute Gasteiger partial charge is 0.345 e. The van der Waals surface area contributed by atoms with Crippen LogP contribution in [-0.4, -0.2) is 25.2 Å². The number of carbonyl (C=O) groups excluding carboxylic acids is 2. The van der Waals surface area contributed by atoms with Gasteiger partial charge in [-0.2, -0.15) is 0 Å². The van der Waals surface area contributed by atoms with Gasteiger partial charge in [-0.05, 0) is 25.8 Å². The third-order valence-electron chi connectivity index (χ3n) is 2.94. The Bertz CT molecular complexity index is 433. The van der Waals surface area contributed by atoms with Gasteiger partial charge < -0.3 is 14.2 Å². The number of rotatable bonds is 2. The summed E-state index contributed by atoms with van der Waals surface area (Å²) in [5.74, 6) is -0.0339. The number of methoxy groups -OCH3 is 1. The first-order valence-corrected chi connectivity index (χ1v) is 6.01. The minimum Gasteiger partial charge on any atom is -0.490 e. The summed E-state index contributed by atoms with van der Waals surface area (Å²) in [7, 11) is 1.30. The molecule has 1 atom stereocenters. The maximum atomic E-state index is 11.8. The lowest BCUT2D eigenvalue weighted by atomic mass is 10.1. The predicted molar refractivity (Wildman–Crippen MR) is 62.2 cm³/mol. The number of esters is 2. The normalized spacial score (nSPS) is 26.0. The lowest BCUT2D eigenvalue weighted by molar-refractivity contribution is -0.137. The molecule has 0 spiro atoms. The Kier molecular flexibility index (Phi) is 3.69. The van der Waals surface area contributed by atoms with E-state index in [-0.39, 0.29) is 17.6 Å².